The van der Waals surface area contributed by atoms with E-state index in [-0.39, 0.29) is 16.7 Å². The number of fused-ring (bicyclic) bond motifs is 2. The first-order chi connectivity index (χ1) is 14.5. The topological polar surface area (TPSA) is 101 Å². The number of piperidine rings is 1. The second-order valence-electron chi connectivity index (χ2n) is 7.44. The summed E-state index contributed by atoms with van der Waals surface area (Å²) in [6.07, 6.45) is 3.30. The van der Waals surface area contributed by atoms with Gasteiger partial charge in [0.15, 0.2) is 0 Å². The minimum atomic E-state index is -3.58. The van der Waals surface area contributed by atoms with Gasteiger partial charge in [0.25, 0.3) is 0 Å². The summed E-state index contributed by atoms with van der Waals surface area (Å²) in [4.78, 5) is 22.3. The van der Waals surface area contributed by atoms with Crippen molar-refractivity contribution in [3.05, 3.63) is 41.5 Å². The fraction of sp³-hybridized carbons (Fsp3) is 0.350. The van der Waals surface area contributed by atoms with Crippen LogP contribution in [0.2, 0.25) is 0 Å². The lowest BCUT2D eigenvalue weighted by atomic mass is 9.97. The molecular weight excluding hydrogens is 424 g/mol. The maximum absolute atomic E-state index is 13.0. The molecule has 10 heteroatoms. The number of anilines is 1. The van der Waals surface area contributed by atoms with Crippen molar-refractivity contribution >= 4 is 43.3 Å². The Morgan fingerprint density at radius 3 is 2.87 bits per heavy atom. The molecule has 1 saturated heterocycles. The fourth-order valence-electron chi connectivity index (χ4n) is 3.90. The molecule has 0 unspecified atom stereocenters. The van der Waals surface area contributed by atoms with E-state index in [0.717, 1.165) is 28.1 Å². The number of carbonyl (C=O) groups is 1. The number of sulfonamides is 1. The van der Waals surface area contributed by atoms with E-state index in [0.29, 0.717) is 38.2 Å². The first kappa shape index (κ1) is 19.4. The van der Waals surface area contributed by atoms with Crippen LogP contribution in [0.3, 0.4) is 0 Å². The van der Waals surface area contributed by atoms with E-state index < -0.39 is 10.0 Å². The third kappa shape index (κ3) is 3.55. The van der Waals surface area contributed by atoms with Crippen LogP contribution in [0, 0.1) is 5.92 Å². The highest BCUT2D eigenvalue weighted by molar-refractivity contribution is 7.89. The van der Waals surface area contributed by atoms with Gasteiger partial charge in [-0.15, -0.1) is 11.3 Å². The molecular formula is C20H20N4O4S2. The lowest BCUT2D eigenvalue weighted by Gasteiger charge is -2.30. The lowest BCUT2D eigenvalue weighted by molar-refractivity contribution is -0.120. The molecule has 2 aliphatic heterocycles. The number of benzene rings is 1. The van der Waals surface area contributed by atoms with Crippen molar-refractivity contribution in [1.82, 2.24) is 14.3 Å². The number of amides is 1. The number of ether oxygens (including phenoxy) is 1. The molecule has 0 atom stereocenters. The highest BCUT2D eigenvalue weighted by atomic mass is 32.2. The largest absolute Gasteiger partial charge is 0.493 e. The third-order valence-electron chi connectivity index (χ3n) is 5.58. The number of rotatable bonds is 4. The number of hydrogen-bond donors (Lipinski definition) is 1. The zero-order chi connectivity index (χ0) is 20.7. The van der Waals surface area contributed by atoms with Gasteiger partial charge in [0.05, 0.1) is 28.9 Å². The molecule has 0 bridgehead atoms. The Bertz CT molecular complexity index is 1220. The van der Waals surface area contributed by atoms with Gasteiger partial charge in [-0.1, -0.05) is 0 Å². The molecule has 8 nitrogen and oxygen atoms in total. The second kappa shape index (κ2) is 7.60. The molecule has 1 N–H and O–H groups in total. The first-order valence-electron chi connectivity index (χ1n) is 9.77. The molecule has 2 aliphatic rings. The van der Waals surface area contributed by atoms with Crippen molar-refractivity contribution in [2.75, 3.05) is 25.0 Å². The van der Waals surface area contributed by atoms with Crippen molar-refractivity contribution in [2.45, 2.75) is 24.2 Å². The van der Waals surface area contributed by atoms with Gasteiger partial charge in [0, 0.05) is 25.4 Å². The molecule has 156 valence electrons. The van der Waals surface area contributed by atoms with Gasteiger partial charge in [-0.2, -0.15) is 4.31 Å². The maximum Gasteiger partial charge on any atom is 0.243 e. The summed E-state index contributed by atoms with van der Waals surface area (Å²) >= 11 is 1.45. The van der Waals surface area contributed by atoms with Crippen LogP contribution in [0.25, 0.3) is 10.3 Å². The molecule has 3 aromatic rings. The summed E-state index contributed by atoms with van der Waals surface area (Å²) < 4.78 is 33.0. The number of hydrogen-bond acceptors (Lipinski definition) is 7. The second-order valence-corrected chi connectivity index (χ2v) is 10.2. The van der Waals surface area contributed by atoms with Crippen LogP contribution in [0.15, 0.2) is 40.9 Å². The van der Waals surface area contributed by atoms with Gasteiger partial charge in [0.2, 0.25) is 15.9 Å². The highest BCUT2D eigenvalue weighted by Crippen LogP contribution is 2.30. The van der Waals surface area contributed by atoms with Crippen molar-refractivity contribution in [2.24, 2.45) is 5.92 Å². The zero-order valence-corrected chi connectivity index (χ0v) is 17.7. The fourth-order valence-corrected chi connectivity index (χ4v) is 6.03. The first-order valence-corrected chi connectivity index (χ1v) is 12.1. The van der Waals surface area contributed by atoms with Crippen molar-refractivity contribution < 1.29 is 17.9 Å². The molecule has 0 spiro atoms. The number of carbonyl (C=O) groups excluding carboxylic acids is 1. The molecule has 30 heavy (non-hydrogen) atoms. The van der Waals surface area contributed by atoms with E-state index in [9.17, 15) is 13.2 Å². The minimum absolute atomic E-state index is 0.113. The Hall–Kier alpha value is -2.56. The SMILES string of the molecule is O=C(Nc1cnc2scnc2c1)C1CCN(S(=O)(=O)c2ccc3c(c2)CCO3)CC1. The average molecular weight is 445 g/mol. The standard InChI is InChI=1S/C20H20N4O4S2/c25-19(23-15-10-17-20(21-11-15)29-12-22-17)13-3-6-24(7-4-13)30(26,27)16-1-2-18-14(9-16)5-8-28-18/h1-2,9-13H,3-8H2,(H,23,25). The number of pyridine rings is 1. The zero-order valence-electron chi connectivity index (χ0n) is 16.1. The van der Waals surface area contributed by atoms with E-state index in [4.69, 9.17) is 4.74 Å². The Kier molecular flexibility index (Phi) is 4.92. The van der Waals surface area contributed by atoms with Crippen LogP contribution < -0.4 is 10.1 Å². The van der Waals surface area contributed by atoms with Crippen LogP contribution in [0.4, 0.5) is 5.69 Å². The number of nitrogens with one attached hydrogen (secondary N) is 1. The molecule has 1 aromatic carbocycles. The van der Waals surface area contributed by atoms with Crippen molar-refractivity contribution in [1.29, 1.82) is 0 Å². The molecule has 0 saturated carbocycles. The Labute approximate surface area is 178 Å². The predicted octanol–water partition coefficient (Wildman–Crippen LogP) is 2.67. The molecule has 1 amide bonds. The van der Waals surface area contributed by atoms with E-state index >= 15 is 0 Å². The van der Waals surface area contributed by atoms with E-state index in [1.54, 1.807) is 36.0 Å². The van der Waals surface area contributed by atoms with Crippen molar-refractivity contribution in [3.8, 4) is 5.75 Å². The van der Waals surface area contributed by atoms with E-state index in [1.165, 1.54) is 15.6 Å². The quantitative estimate of drug-likeness (QED) is 0.664. The van der Waals surface area contributed by atoms with Gasteiger partial charge < -0.3 is 10.1 Å². The molecule has 4 heterocycles. The molecule has 0 aliphatic carbocycles. The lowest BCUT2D eigenvalue weighted by Crippen LogP contribution is -2.41. The Morgan fingerprint density at radius 1 is 1.20 bits per heavy atom. The predicted molar refractivity (Wildman–Crippen MR) is 113 cm³/mol. The Balaban J connectivity index is 1.23. The number of thiazole rings is 1. The van der Waals surface area contributed by atoms with Gasteiger partial charge in [-0.05, 0) is 42.7 Å². The summed E-state index contributed by atoms with van der Waals surface area (Å²) in [5, 5.41) is 2.89. The normalized spacial score (nSPS) is 17.6. The Morgan fingerprint density at radius 2 is 2.03 bits per heavy atom. The maximum atomic E-state index is 13.0. The van der Waals surface area contributed by atoms with Gasteiger partial charge in [-0.25, -0.2) is 18.4 Å². The molecule has 2 aromatic heterocycles. The summed E-state index contributed by atoms with van der Waals surface area (Å²) in [6, 6.07) is 6.83. The molecule has 1 fully saturated rings. The number of nitrogens with zero attached hydrogens (tertiary/aromatic N) is 3. The molecule has 0 radical (unpaired) electrons. The van der Waals surface area contributed by atoms with Gasteiger partial charge >= 0.3 is 0 Å². The number of aromatic nitrogens is 2. The average Bonchev–Trinajstić information content (AvgIpc) is 3.42. The third-order valence-corrected chi connectivity index (χ3v) is 8.22. The van der Waals surface area contributed by atoms with Gasteiger partial charge in [-0.3, -0.25) is 4.79 Å². The van der Waals surface area contributed by atoms with E-state index in [1.807, 2.05) is 0 Å². The van der Waals surface area contributed by atoms with Crippen LogP contribution in [0.1, 0.15) is 18.4 Å². The summed E-state index contributed by atoms with van der Waals surface area (Å²) in [5.74, 6) is 0.406. The smallest absolute Gasteiger partial charge is 0.243 e. The monoisotopic (exact) mass is 444 g/mol. The summed E-state index contributed by atoms with van der Waals surface area (Å²) in [5.41, 5.74) is 4.00. The summed E-state index contributed by atoms with van der Waals surface area (Å²) in [6.45, 7) is 1.22. The van der Waals surface area contributed by atoms with Crippen LogP contribution in [0.5, 0.6) is 5.75 Å². The summed E-state index contributed by atoms with van der Waals surface area (Å²) in [7, 11) is -3.58. The van der Waals surface area contributed by atoms with Crippen LogP contribution >= 0.6 is 11.3 Å². The van der Waals surface area contributed by atoms with Crippen molar-refractivity contribution in [3.63, 3.8) is 0 Å². The van der Waals surface area contributed by atoms with Crippen LogP contribution in [-0.4, -0.2) is 48.3 Å². The molecule has 5 rings (SSSR count). The van der Waals surface area contributed by atoms with E-state index in [2.05, 4.69) is 15.3 Å². The highest BCUT2D eigenvalue weighted by Gasteiger charge is 2.32. The van der Waals surface area contributed by atoms with Gasteiger partial charge in [0.1, 0.15) is 16.1 Å². The van der Waals surface area contributed by atoms with Crippen LogP contribution in [-0.2, 0) is 21.2 Å². The minimum Gasteiger partial charge on any atom is -0.493 e.